The van der Waals surface area contributed by atoms with Gasteiger partial charge in [0, 0.05) is 6.04 Å². The zero-order valence-corrected chi connectivity index (χ0v) is 11.5. The van der Waals surface area contributed by atoms with E-state index in [4.69, 9.17) is 5.11 Å². The molecule has 0 aromatic heterocycles. The van der Waals surface area contributed by atoms with Crippen molar-refractivity contribution in [1.82, 2.24) is 5.32 Å². The Balaban J connectivity index is 1.64. The lowest BCUT2D eigenvalue weighted by Gasteiger charge is -2.31. The van der Waals surface area contributed by atoms with Gasteiger partial charge in [0.05, 0.1) is 5.92 Å². The van der Waals surface area contributed by atoms with Crippen LogP contribution in [-0.2, 0) is 4.79 Å². The Bertz CT molecular complexity index is 272. The first kappa shape index (κ1) is 13.9. The Morgan fingerprint density at radius 3 is 2.50 bits per heavy atom. The molecule has 0 amide bonds. The van der Waals surface area contributed by atoms with E-state index in [-0.39, 0.29) is 5.92 Å². The van der Waals surface area contributed by atoms with Gasteiger partial charge in [0.2, 0.25) is 0 Å². The minimum absolute atomic E-state index is 0.0854. The summed E-state index contributed by atoms with van der Waals surface area (Å²) in [5.41, 5.74) is 0. The molecule has 2 fully saturated rings. The average Bonchev–Trinajstić information content (AvgIpc) is 2.37. The monoisotopic (exact) mass is 253 g/mol. The fourth-order valence-corrected chi connectivity index (χ4v) is 3.62. The first-order chi connectivity index (χ1) is 8.65. The van der Waals surface area contributed by atoms with Gasteiger partial charge in [-0.05, 0) is 56.9 Å². The van der Waals surface area contributed by atoms with Crippen LogP contribution in [0.3, 0.4) is 0 Å². The van der Waals surface area contributed by atoms with Crippen molar-refractivity contribution in [3.8, 4) is 0 Å². The Labute approximate surface area is 110 Å². The third kappa shape index (κ3) is 3.98. The van der Waals surface area contributed by atoms with Crippen molar-refractivity contribution >= 4 is 5.97 Å². The highest BCUT2D eigenvalue weighted by atomic mass is 16.4. The topological polar surface area (TPSA) is 49.3 Å². The number of aliphatic carboxylic acids is 1. The van der Waals surface area contributed by atoms with Crippen molar-refractivity contribution in [1.29, 1.82) is 0 Å². The van der Waals surface area contributed by atoms with Gasteiger partial charge >= 0.3 is 5.97 Å². The van der Waals surface area contributed by atoms with E-state index in [2.05, 4.69) is 12.2 Å². The lowest BCUT2D eigenvalue weighted by atomic mass is 9.81. The maximum absolute atomic E-state index is 10.9. The number of hydrogen-bond donors (Lipinski definition) is 2. The summed E-state index contributed by atoms with van der Waals surface area (Å²) in [7, 11) is 0. The van der Waals surface area contributed by atoms with Crippen LogP contribution in [0.2, 0.25) is 0 Å². The van der Waals surface area contributed by atoms with Gasteiger partial charge in [0.15, 0.2) is 0 Å². The second-order valence-corrected chi connectivity index (χ2v) is 6.43. The largest absolute Gasteiger partial charge is 0.481 e. The SMILES string of the molecule is CC1CCCC(CNC2CCC(C(=O)O)CC2)C1. The molecule has 2 atom stereocenters. The number of rotatable bonds is 4. The molecule has 2 saturated carbocycles. The quantitative estimate of drug-likeness (QED) is 0.809. The minimum Gasteiger partial charge on any atom is -0.481 e. The summed E-state index contributed by atoms with van der Waals surface area (Å²) < 4.78 is 0. The third-order valence-electron chi connectivity index (χ3n) is 4.82. The van der Waals surface area contributed by atoms with Crippen molar-refractivity contribution in [2.75, 3.05) is 6.54 Å². The molecule has 0 aromatic rings. The Kier molecular flexibility index (Phi) is 5.04. The number of hydrogen-bond acceptors (Lipinski definition) is 2. The van der Waals surface area contributed by atoms with E-state index in [1.165, 1.54) is 25.7 Å². The molecule has 0 aromatic carbocycles. The molecule has 2 unspecified atom stereocenters. The molecule has 2 aliphatic carbocycles. The molecule has 18 heavy (non-hydrogen) atoms. The molecule has 2 rings (SSSR count). The number of nitrogens with one attached hydrogen (secondary N) is 1. The molecule has 0 bridgehead atoms. The van der Waals surface area contributed by atoms with E-state index in [1.807, 2.05) is 0 Å². The number of carboxylic acids is 1. The second kappa shape index (κ2) is 6.55. The normalized spacial score (nSPS) is 37.4. The maximum atomic E-state index is 10.9. The lowest BCUT2D eigenvalue weighted by Crippen LogP contribution is -2.38. The molecular weight excluding hydrogens is 226 g/mol. The van der Waals surface area contributed by atoms with Crippen molar-refractivity contribution in [2.24, 2.45) is 17.8 Å². The Hall–Kier alpha value is -0.570. The van der Waals surface area contributed by atoms with Gasteiger partial charge in [-0.1, -0.05) is 19.8 Å². The molecule has 104 valence electrons. The standard InChI is InChI=1S/C15H27NO2/c1-11-3-2-4-12(9-11)10-16-14-7-5-13(6-8-14)15(17)18/h11-14,16H,2-10H2,1H3,(H,17,18). The van der Waals surface area contributed by atoms with Gasteiger partial charge in [-0.3, -0.25) is 4.79 Å². The van der Waals surface area contributed by atoms with Gasteiger partial charge in [-0.2, -0.15) is 0 Å². The van der Waals surface area contributed by atoms with Crippen molar-refractivity contribution in [3.63, 3.8) is 0 Å². The van der Waals surface area contributed by atoms with Crippen LogP contribution in [0.25, 0.3) is 0 Å². The van der Waals surface area contributed by atoms with Gasteiger partial charge < -0.3 is 10.4 Å². The zero-order chi connectivity index (χ0) is 13.0. The van der Waals surface area contributed by atoms with Crippen molar-refractivity contribution in [3.05, 3.63) is 0 Å². The van der Waals surface area contributed by atoms with E-state index >= 15 is 0 Å². The summed E-state index contributed by atoms with van der Waals surface area (Å²) in [6.45, 7) is 3.51. The summed E-state index contributed by atoms with van der Waals surface area (Å²) in [6, 6.07) is 0.567. The summed E-state index contributed by atoms with van der Waals surface area (Å²) in [6.07, 6.45) is 9.33. The van der Waals surface area contributed by atoms with Crippen LogP contribution in [0.5, 0.6) is 0 Å². The highest BCUT2D eigenvalue weighted by molar-refractivity contribution is 5.70. The second-order valence-electron chi connectivity index (χ2n) is 6.43. The van der Waals surface area contributed by atoms with Crippen LogP contribution < -0.4 is 5.32 Å². The molecule has 2 aliphatic rings. The van der Waals surface area contributed by atoms with Crippen molar-refractivity contribution in [2.45, 2.75) is 64.3 Å². The lowest BCUT2D eigenvalue weighted by molar-refractivity contribution is -0.142. The van der Waals surface area contributed by atoms with E-state index in [0.29, 0.717) is 6.04 Å². The van der Waals surface area contributed by atoms with E-state index in [9.17, 15) is 4.79 Å². The number of carboxylic acid groups (broad SMARTS) is 1. The molecule has 2 N–H and O–H groups in total. The van der Waals surface area contributed by atoms with Crippen LogP contribution >= 0.6 is 0 Å². The van der Waals surface area contributed by atoms with E-state index < -0.39 is 5.97 Å². The molecule has 0 spiro atoms. The maximum Gasteiger partial charge on any atom is 0.306 e. The van der Waals surface area contributed by atoms with E-state index in [1.54, 1.807) is 0 Å². The molecule has 3 heteroatoms. The Morgan fingerprint density at radius 1 is 1.17 bits per heavy atom. The van der Waals surface area contributed by atoms with Gasteiger partial charge in [0.1, 0.15) is 0 Å². The smallest absolute Gasteiger partial charge is 0.306 e. The van der Waals surface area contributed by atoms with Crippen LogP contribution in [0.15, 0.2) is 0 Å². The predicted molar refractivity (Wildman–Crippen MR) is 72.5 cm³/mol. The fourth-order valence-electron chi connectivity index (χ4n) is 3.62. The van der Waals surface area contributed by atoms with Gasteiger partial charge in [-0.25, -0.2) is 0 Å². The molecule has 0 aliphatic heterocycles. The van der Waals surface area contributed by atoms with Crippen LogP contribution in [-0.4, -0.2) is 23.7 Å². The average molecular weight is 253 g/mol. The first-order valence-electron chi connectivity index (χ1n) is 7.61. The molecular formula is C15H27NO2. The molecule has 0 saturated heterocycles. The summed E-state index contributed by atoms with van der Waals surface area (Å²) in [5.74, 6) is 1.06. The molecule has 0 heterocycles. The summed E-state index contributed by atoms with van der Waals surface area (Å²) >= 11 is 0. The zero-order valence-electron chi connectivity index (χ0n) is 11.5. The predicted octanol–water partition coefficient (Wildman–Crippen LogP) is 3.05. The van der Waals surface area contributed by atoms with Crippen LogP contribution in [0.1, 0.15) is 58.3 Å². The number of carbonyl (C=O) groups is 1. The highest BCUT2D eigenvalue weighted by Gasteiger charge is 2.26. The molecule has 0 radical (unpaired) electrons. The van der Waals surface area contributed by atoms with Crippen LogP contribution in [0.4, 0.5) is 0 Å². The third-order valence-corrected chi connectivity index (χ3v) is 4.82. The highest BCUT2D eigenvalue weighted by Crippen LogP contribution is 2.29. The summed E-state index contributed by atoms with van der Waals surface area (Å²) in [4.78, 5) is 10.9. The first-order valence-corrected chi connectivity index (χ1v) is 7.61. The molecule has 3 nitrogen and oxygen atoms in total. The van der Waals surface area contributed by atoms with Crippen molar-refractivity contribution < 1.29 is 9.90 Å². The Morgan fingerprint density at radius 2 is 1.89 bits per heavy atom. The van der Waals surface area contributed by atoms with Crippen LogP contribution in [0, 0.1) is 17.8 Å². The summed E-state index contributed by atoms with van der Waals surface area (Å²) in [5, 5.41) is 12.6. The van der Waals surface area contributed by atoms with Gasteiger partial charge in [0.25, 0.3) is 0 Å². The minimum atomic E-state index is -0.602. The van der Waals surface area contributed by atoms with Gasteiger partial charge in [-0.15, -0.1) is 0 Å². The van der Waals surface area contributed by atoms with E-state index in [0.717, 1.165) is 44.1 Å². The fraction of sp³-hybridized carbons (Fsp3) is 0.933.